The number of benzene rings is 1. The Labute approximate surface area is 174 Å². The fraction of sp³-hybridized carbons (Fsp3) is 0.238. The number of alkyl halides is 3. The second kappa shape index (κ2) is 7.12. The average molecular weight is 423 g/mol. The van der Waals surface area contributed by atoms with Gasteiger partial charge in [-0.15, -0.1) is 4.98 Å². The first-order valence-electron chi connectivity index (χ1n) is 9.60. The number of nitrogens with one attached hydrogen (secondary N) is 2. The van der Waals surface area contributed by atoms with Crippen LogP contribution in [0.2, 0.25) is 0 Å². The molecule has 0 unspecified atom stereocenters. The second-order valence-corrected chi connectivity index (χ2v) is 7.38. The Bertz CT molecular complexity index is 1300. The van der Waals surface area contributed by atoms with Crippen LogP contribution in [0.5, 0.6) is 0 Å². The van der Waals surface area contributed by atoms with E-state index >= 15 is 0 Å². The molecule has 0 bridgehead atoms. The molecule has 1 aliphatic rings. The summed E-state index contributed by atoms with van der Waals surface area (Å²) in [6.45, 7) is 7.18. The average Bonchev–Trinajstić information content (AvgIpc) is 3.41. The number of H-pyrrole nitrogens is 1. The summed E-state index contributed by atoms with van der Waals surface area (Å²) in [6, 6.07) is 8.60. The molecule has 3 heterocycles. The van der Waals surface area contributed by atoms with Gasteiger partial charge in [0.25, 0.3) is 5.82 Å². The molecule has 10 heteroatoms. The molecule has 4 aromatic rings. The molecule has 0 saturated heterocycles. The van der Waals surface area contributed by atoms with Crippen LogP contribution in [-0.2, 0) is 12.6 Å². The lowest BCUT2D eigenvalue weighted by molar-refractivity contribution is -0.140. The molecule has 1 aliphatic carbocycles. The molecular formula is C21H16F3N7. The van der Waals surface area contributed by atoms with Crippen molar-refractivity contribution < 1.29 is 13.2 Å². The van der Waals surface area contributed by atoms with Crippen molar-refractivity contribution in [2.75, 3.05) is 5.32 Å². The Hall–Kier alpha value is -3.87. The summed E-state index contributed by atoms with van der Waals surface area (Å²) >= 11 is 0. The number of fused-ring (bicyclic) bond motifs is 2. The number of halogens is 3. The van der Waals surface area contributed by atoms with Crippen LogP contribution in [0, 0.1) is 6.57 Å². The maximum absolute atomic E-state index is 13.2. The van der Waals surface area contributed by atoms with E-state index in [0.717, 1.165) is 30.0 Å². The normalized spacial score (nSPS) is 18.5. The van der Waals surface area contributed by atoms with E-state index < -0.39 is 11.9 Å². The Morgan fingerprint density at radius 3 is 2.81 bits per heavy atom. The van der Waals surface area contributed by atoms with Crippen molar-refractivity contribution in [3.05, 3.63) is 77.4 Å². The third kappa shape index (κ3) is 3.38. The number of aryl methyl sites for hydroxylation is 1. The van der Waals surface area contributed by atoms with Gasteiger partial charge < -0.3 is 19.7 Å². The molecule has 0 spiro atoms. The third-order valence-corrected chi connectivity index (χ3v) is 5.59. The van der Waals surface area contributed by atoms with Crippen LogP contribution in [-0.4, -0.2) is 24.5 Å². The minimum Gasteiger partial charge on any atom is -0.360 e. The predicted molar refractivity (Wildman–Crippen MR) is 108 cm³/mol. The molecule has 0 radical (unpaired) electrons. The van der Waals surface area contributed by atoms with Crippen LogP contribution in [0.1, 0.15) is 35.3 Å². The third-order valence-electron chi connectivity index (χ3n) is 5.59. The fourth-order valence-corrected chi connectivity index (χ4v) is 4.16. The van der Waals surface area contributed by atoms with Crippen molar-refractivity contribution >= 4 is 22.7 Å². The van der Waals surface area contributed by atoms with E-state index in [4.69, 9.17) is 6.57 Å². The fourth-order valence-electron chi connectivity index (χ4n) is 4.16. The molecule has 5 rings (SSSR count). The van der Waals surface area contributed by atoms with Crippen molar-refractivity contribution in [1.29, 1.82) is 0 Å². The standard InChI is InChI=1S/C21H16F3N7/c1-25-17-9-31(11-28-17)15-7-6-12-4-2-3-5-13(12)18(15)30-20-14-8-16(21(22,23)24)29-19(14)26-10-27-20/h2-5,8-11,15,18H,6-7H2,(H2,26,27,29,30)/t15-,18+/m1/s1. The lowest BCUT2D eigenvalue weighted by Gasteiger charge is -2.35. The van der Waals surface area contributed by atoms with E-state index in [0.29, 0.717) is 11.6 Å². The van der Waals surface area contributed by atoms with Gasteiger partial charge in [0.05, 0.1) is 17.5 Å². The first kappa shape index (κ1) is 19.1. The smallest absolute Gasteiger partial charge is 0.360 e. The SMILES string of the molecule is [C-]#[N+]c1cn([C@@H]2CCc3ccccc3[C@@H]2Nc2ncnc3[nH]c(C(F)(F)F)cc23)cn1. The van der Waals surface area contributed by atoms with Crippen LogP contribution < -0.4 is 5.32 Å². The highest BCUT2D eigenvalue weighted by Crippen LogP contribution is 2.41. The summed E-state index contributed by atoms with van der Waals surface area (Å²) < 4.78 is 41.5. The highest BCUT2D eigenvalue weighted by atomic mass is 19.4. The van der Waals surface area contributed by atoms with E-state index in [2.05, 4.69) is 30.1 Å². The number of anilines is 1. The van der Waals surface area contributed by atoms with Crippen LogP contribution in [0.3, 0.4) is 0 Å². The molecule has 31 heavy (non-hydrogen) atoms. The van der Waals surface area contributed by atoms with E-state index in [9.17, 15) is 13.2 Å². The summed E-state index contributed by atoms with van der Waals surface area (Å²) in [7, 11) is 0. The first-order valence-corrected chi connectivity index (χ1v) is 9.60. The molecule has 3 aromatic heterocycles. The van der Waals surface area contributed by atoms with E-state index in [1.54, 1.807) is 12.5 Å². The molecule has 0 aliphatic heterocycles. The van der Waals surface area contributed by atoms with Gasteiger partial charge >= 0.3 is 6.18 Å². The minimum absolute atomic E-state index is 0.0936. The summed E-state index contributed by atoms with van der Waals surface area (Å²) in [5.41, 5.74) is 1.44. The molecule has 0 amide bonds. The van der Waals surface area contributed by atoms with Gasteiger partial charge in [-0.25, -0.2) is 9.97 Å². The molecule has 0 saturated carbocycles. The molecule has 2 N–H and O–H groups in total. The minimum atomic E-state index is -4.51. The highest BCUT2D eigenvalue weighted by Gasteiger charge is 2.35. The van der Waals surface area contributed by atoms with Crippen molar-refractivity contribution in [2.45, 2.75) is 31.1 Å². The molecule has 156 valence electrons. The topological polar surface area (TPSA) is 75.8 Å². The molecular weight excluding hydrogens is 407 g/mol. The largest absolute Gasteiger partial charge is 0.431 e. The van der Waals surface area contributed by atoms with Gasteiger partial charge in [0.2, 0.25) is 0 Å². The van der Waals surface area contributed by atoms with Crippen LogP contribution in [0.4, 0.5) is 24.8 Å². The number of hydrogen-bond acceptors (Lipinski definition) is 4. The Morgan fingerprint density at radius 1 is 1.19 bits per heavy atom. The number of aromatic nitrogens is 5. The molecule has 0 fully saturated rings. The Morgan fingerprint density at radius 2 is 2.03 bits per heavy atom. The Kier molecular flexibility index (Phi) is 4.39. The monoisotopic (exact) mass is 423 g/mol. The van der Waals surface area contributed by atoms with Gasteiger partial charge in [-0.3, -0.25) is 0 Å². The number of rotatable bonds is 3. The van der Waals surface area contributed by atoms with Crippen molar-refractivity contribution in [3.8, 4) is 0 Å². The summed E-state index contributed by atoms with van der Waals surface area (Å²) in [6.07, 6.45) is 1.65. The zero-order chi connectivity index (χ0) is 21.6. The van der Waals surface area contributed by atoms with Crippen LogP contribution in [0.25, 0.3) is 15.9 Å². The van der Waals surface area contributed by atoms with Gasteiger partial charge in [-0.1, -0.05) is 30.8 Å². The zero-order valence-corrected chi connectivity index (χ0v) is 16.1. The van der Waals surface area contributed by atoms with Crippen LogP contribution >= 0.6 is 0 Å². The van der Waals surface area contributed by atoms with Gasteiger partial charge in [-0.05, 0) is 30.0 Å². The van der Waals surface area contributed by atoms with Gasteiger partial charge in [0.15, 0.2) is 6.33 Å². The van der Waals surface area contributed by atoms with Crippen molar-refractivity contribution in [2.24, 2.45) is 0 Å². The molecule has 7 nitrogen and oxygen atoms in total. The van der Waals surface area contributed by atoms with E-state index in [-0.39, 0.29) is 23.1 Å². The predicted octanol–water partition coefficient (Wildman–Crippen LogP) is 5.06. The summed E-state index contributed by atoms with van der Waals surface area (Å²) in [4.78, 5) is 18.0. The Balaban J connectivity index is 1.59. The van der Waals surface area contributed by atoms with Crippen LogP contribution in [0.15, 0.2) is 49.2 Å². The lowest BCUT2D eigenvalue weighted by atomic mass is 9.84. The molecule has 1 aromatic carbocycles. The number of aromatic amines is 1. The number of imidazole rings is 1. The molecule has 2 atom stereocenters. The first-order chi connectivity index (χ1) is 14.9. The summed E-state index contributed by atoms with van der Waals surface area (Å²) in [5, 5.41) is 3.62. The van der Waals surface area contributed by atoms with Crippen molar-refractivity contribution in [3.63, 3.8) is 0 Å². The van der Waals surface area contributed by atoms with Gasteiger partial charge in [-0.2, -0.15) is 13.2 Å². The number of nitrogens with zero attached hydrogens (tertiary/aromatic N) is 5. The van der Waals surface area contributed by atoms with Gasteiger partial charge in [0.1, 0.15) is 23.5 Å². The number of hydrogen-bond donors (Lipinski definition) is 2. The summed E-state index contributed by atoms with van der Waals surface area (Å²) in [5.74, 6) is 0.608. The lowest BCUT2D eigenvalue weighted by Crippen LogP contribution is -2.29. The quantitative estimate of drug-likeness (QED) is 0.452. The maximum Gasteiger partial charge on any atom is 0.431 e. The van der Waals surface area contributed by atoms with Crippen molar-refractivity contribution in [1.82, 2.24) is 24.5 Å². The van der Waals surface area contributed by atoms with E-state index in [1.807, 2.05) is 28.8 Å². The highest BCUT2D eigenvalue weighted by molar-refractivity contribution is 5.88. The van der Waals surface area contributed by atoms with Gasteiger partial charge in [0, 0.05) is 6.20 Å². The second-order valence-electron chi connectivity index (χ2n) is 7.38. The zero-order valence-electron chi connectivity index (χ0n) is 16.1. The van der Waals surface area contributed by atoms with E-state index in [1.165, 1.54) is 6.33 Å². The maximum atomic E-state index is 13.2.